The maximum atomic E-state index is 14.4. The number of amides is 4. The van der Waals surface area contributed by atoms with Gasteiger partial charge in [-0.1, -0.05) is 39.3 Å². The number of alkyl halides is 3. The van der Waals surface area contributed by atoms with Crippen LogP contribution in [0.15, 0.2) is 36.7 Å². The Bertz CT molecular complexity index is 1870. The number of nitrogens with one attached hydrogen (secondary N) is 3. The van der Waals surface area contributed by atoms with E-state index >= 15 is 0 Å². The fourth-order valence-electron chi connectivity index (χ4n) is 6.94. The number of nitrogens with zero attached hydrogens (tertiary/aromatic N) is 3. The van der Waals surface area contributed by atoms with Gasteiger partial charge in [0, 0.05) is 30.9 Å². The lowest BCUT2D eigenvalue weighted by molar-refractivity contribution is -0.140. The quantitative estimate of drug-likeness (QED) is 0.290. The molecular formula is C34H40F4N6O7S. The van der Waals surface area contributed by atoms with Crippen molar-refractivity contribution in [3.8, 4) is 0 Å². The Morgan fingerprint density at radius 3 is 2.46 bits per heavy atom. The molecule has 18 heteroatoms. The minimum atomic E-state index is -4.70. The maximum Gasteiger partial charge on any atom is 0.417 e. The summed E-state index contributed by atoms with van der Waals surface area (Å²) in [6.45, 7) is 4.83. The van der Waals surface area contributed by atoms with Gasteiger partial charge in [-0.25, -0.2) is 17.6 Å². The van der Waals surface area contributed by atoms with Crippen molar-refractivity contribution in [1.29, 1.82) is 0 Å². The number of pyridine rings is 1. The smallest absolute Gasteiger partial charge is 0.417 e. The SMILES string of the molecule is CCC1C[C@]1(NC(=O)[C@@H]1C[C@@H](OC(=O)N2Cc3cccc(F)c3C2)CN1C(=O)[C@@H](Nc1cncc(C(F)(F)F)c1)C(C)C)C(=O)NS(=O)(=O)C1CC1. The van der Waals surface area contributed by atoms with E-state index in [0.29, 0.717) is 36.6 Å². The first-order chi connectivity index (χ1) is 24.4. The van der Waals surface area contributed by atoms with Crippen LogP contribution in [0.5, 0.6) is 0 Å². The van der Waals surface area contributed by atoms with E-state index < -0.39 is 86.3 Å². The molecule has 282 valence electrons. The van der Waals surface area contributed by atoms with E-state index in [1.54, 1.807) is 26.8 Å². The third kappa shape index (κ3) is 7.52. The van der Waals surface area contributed by atoms with Gasteiger partial charge in [-0.3, -0.25) is 29.0 Å². The second-order valence-electron chi connectivity index (χ2n) is 14.3. The van der Waals surface area contributed by atoms with Crippen LogP contribution in [-0.2, 0) is 48.4 Å². The lowest BCUT2D eigenvalue weighted by Gasteiger charge is -2.31. The second kappa shape index (κ2) is 13.8. The molecule has 1 aromatic carbocycles. The Balaban J connectivity index is 1.24. The number of sulfonamides is 1. The summed E-state index contributed by atoms with van der Waals surface area (Å²) < 4.78 is 87.8. The van der Waals surface area contributed by atoms with E-state index in [4.69, 9.17) is 4.74 Å². The molecule has 0 spiro atoms. The zero-order valence-electron chi connectivity index (χ0n) is 28.7. The highest BCUT2D eigenvalue weighted by atomic mass is 32.2. The summed E-state index contributed by atoms with van der Waals surface area (Å²) in [5.74, 6) is -3.75. The number of hydrogen-bond donors (Lipinski definition) is 3. The predicted molar refractivity (Wildman–Crippen MR) is 177 cm³/mol. The molecule has 6 rings (SSSR count). The Labute approximate surface area is 297 Å². The Morgan fingerprint density at radius 2 is 1.85 bits per heavy atom. The molecule has 3 heterocycles. The molecule has 3 N–H and O–H groups in total. The summed E-state index contributed by atoms with van der Waals surface area (Å²) >= 11 is 0. The Morgan fingerprint density at radius 1 is 1.12 bits per heavy atom. The lowest BCUT2D eigenvalue weighted by atomic mass is 10.0. The topological polar surface area (TPSA) is 167 Å². The highest BCUT2D eigenvalue weighted by Gasteiger charge is 2.62. The molecule has 3 fully saturated rings. The zero-order chi connectivity index (χ0) is 37.7. The van der Waals surface area contributed by atoms with Crippen LogP contribution in [0.3, 0.4) is 0 Å². The summed E-state index contributed by atoms with van der Waals surface area (Å²) in [7, 11) is -3.94. The Hall–Kier alpha value is -4.48. The standard InChI is InChI=1S/C34H40F4N6O7S/c1-4-20-12-33(20,31(47)42-52(49,50)24-8-9-24)41-29(45)27-11-23(51-32(48)43-15-19-6-5-7-26(35)25(19)17-43)16-44(27)30(46)28(18(2)3)40-22-10-21(13-39-14-22)34(36,37)38/h5-7,10,13-14,18,20,23-24,27-28,40H,4,8-9,11-12,15-17H2,1-3H3,(H,41,45)(H,42,47)/t20?,23-,27+,28+,33-/m1/s1. The number of benzene rings is 1. The predicted octanol–water partition coefficient (Wildman–Crippen LogP) is 3.69. The molecule has 2 aromatic rings. The molecule has 52 heavy (non-hydrogen) atoms. The number of aromatic nitrogens is 1. The van der Waals surface area contributed by atoms with Crippen LogP contribution in [0.2, 0.25) is 0 Å². The van der Waals surface area contributed by atoms with Crippen LogP contribution in [-0.4, -0.2) is 82.5 Å². The van der Waals surface area contributed by atoms with Gasteiger partial charge in [0.15, 0.2) is 0 Å². The number of ether oxygens (including phenoxy) is 1. The van der Waals surface area contributed by atoms with Crippen LogP contribution >= 0.6 is 0 Å². The number of rotatable bonds is 11. The monoisotopic (exact) mass is 752 g/mol. The molecule has 13 nitrogen and oxygen atoms in total. The molecule has 4 amide bonds. The van der Waals surface area contributed by atoms with E-state index in [9.17, 15) is 45.2 Å². The number of anilines is 1. The molecule has 0 bridgehead atoms. The van der Waals surface area contributed by atoms with Crippen molar-refractivity contribution >= 4 is 39.5 Å². The van der Waals surface area contributed by atoms with Crippen LogP contribution in [0.4, 0.5) is 28.0 Å². The van der Waals surface area contributed by atoms with E-state index in [2.05, 4.69) is 20.3 Å². The average molecular weight is 753 g/mol. The summed E-state index contributed by atoms with van der Waals surface area (Å²) in [6, 6.07) is 2.81. The second-order valence-corrected chi connectivity index (χ2v) is 16.2. The average Bonchev–Trinajstić information content (AvgIpc) is 3.97. The first kappa shape index (κ1) is 37.3. The van der Waals surface area contributed by atoms with Gasteiger partial charge in [0.1, 0.15) is 29.5 Å². The molecule has 1 aromatic heterocycles. The van der Waals surface area contributed by atoms with Gasteiger partial charge in [0.05, 0.1) is 29.6 Å². The largest absolute Gasteiger partial charge is 0.444 e. The third-order valence-electron chi connectivity index (χ3n) is 10.2. The maximum absolute atomic E-state index is 14.4. The number of carbonyl (C=O) groups excluding carboxylic acids is 4. The van der Waals surface area contributed by atoms with Crippen LogP contribution < -0.4 is 15.4 Å². The van der Waals surface area contributed by atoms with Gasteiger partial charge in [-0.15, -0.1) is 0 Å². The minimum Gasteiger partial charge on any atom is -0.444 e. The van der Waals surface area contributed by atoms with E-state index in [1.807, 2.05) is 0 Å². The number of likely N-dealkylation sites (tertiary alicyclic amines) is 1. The van der Waals surface area contributed by atoms with Gasteiger partial charge in [-0.05, 0) is 48.8 Å². The number of fused-ring (bicyclic) bond motifs is 1. The minimum absolute atomic E-state index is 0.0513. The van der Waals surface area contributed by atoms with Crippen molar-refractivity contribution in [1.82, 2.24) is 24.8 Å². The van der Waals surface area contributed by atoms with Gasteiger partial charge < -0.3 is 20.3 Å². The van der Waals surface area contributed by atoms with Crippen molar-refractivity contribution in [2.75, 3.05) is 11.9 Å². The molecule has 0 radical (unpaired) electrons. The van der Waals surface area contributed by atoms with Crippen LogP contribution in [0.25, 0.3) is 0 Å². The van der Waals surface area contributed by atoms with Crippen molar-refractivity contribution in [3.63, 3.8) is 0 Å². The fraction of sp³-hybridized carbons (Fsp3) is 0.559. The zero-order valence-corrected chi connectivity index (χ0v) is 29.5. The van der Waals surface area contributed by atoms with Crippen LogP contribution in [0, 0.1) is 17.7 Å². The number of hydrogen-bond acceptors (Lipinski definition) is 9. The van der Waals surface area contributed by atoms with E-state index in [1.165, 1.54) is 17.0 Å². The summed E-state index contributed by atoms with van der Waals surface area (Å²) in [5, 5.41) is 4.83. The first-order valence-electron chi connectivity index (χ1n) is 17.1. The molecule has 4 aliphatic rings. The lowest BCUT2D eigenvalue weighted by Crippen LogP contribution is -2.58. The van der Waals surface area contributed by atoms with Crippen molar-refractivity contribution in [3.05, 3.63) is 59.2 Å². The van der Waals surface area contributed by atoms with Gasteiger partial charge in [-0.2, -0.15) is 13.2 Å². The molecule has 2 aliphatic heterocycles. The number of halogens is 4. The highest BCUT2D eigenvalue weighted by Crippen LogP contribution is 2.47. The van der Waals surface area contributed by atoms with Crippen molar-refractivity contribution < 1.29 is 49.9 Å². The molecular weight excluding hydrogens is 712 g/mol. The molecule has 2 aliphatic carbocycles. The third-order valence-corrected chi connectivity index (χ3v) is 12.0. The molecule has 1 unspecified atom stereocenters. The fourth-order valence-corrected chi connectivity index (χ4v) is 8.31. The van der Waals surface area contributed by atoms with E-state index in [0.717, 1.165) is 17.2 Å². The normalized spacial score (nSPS) is 24.7. The molecule has 1 saturated heterocycles. The Kier molecular flexibility index (Phi) is 9.91. The summed E-state index contributed by atoms with van der Waals surface area (Å²) in [4.78, 5) is 61.1. The van der Waals surface area contributed by atoms with Gasteiger partial charge in [0.2, 0.25) is 21.8 Å². The van der Waals surface area contributed by atoms with Gasteiger partial charge in [0.25, 0.3) is 5.91 Å². The molecule has 5 atom stereocenters. The van der Waals surface area contributed by atoms with Crippen LogP contribution in [0.1, 0.15) is 69.6 Å². The van der Waals surface area contributed by atoms with E-state index in [-0.39, 0.29) is 44.1 Å². The number of carbonyl (C=O) groups is 4. The van der Waals surface area contributed by atoms with Crippen molar-refractivity contribution in [2.45, 2.75) is 101 Å². The first-order valence-corrected chi connectivity index (χ1v) is 18.7. The summed E-state index contributed by atoms with van der Waals surface area (Å²) in [6.07, 6.45) is -3.54. The molecule has 2 saturated carbocycles. The summed E-state index contributed by atoms with van der Waals surface area (Å²) in [5.41, 5.74) is -1.74. The van der Waals surface area contributed by atoms with Crippen molar-refractivity contribution in [2.24, 2.45) is 11.8 Å². The van der Waals surface area contributed by atoms with Gasteiger partial charge >= 0.3 is 12.3 Å². The highest BCUT2D eigenvalue weighted by molar-refractivity contribution is 7.91.